The molecular weight excluding hydrogens is 468 g/mol. The fourth-order valence-electron chi connectivity index (χ4n) is 6.14. The molecule has 3 heterocycles. The Labute approximate surface area is 217 Å². The Balaban J connectivity index is 0.952. The summed E-state index contributed by atoms with van der Waals surface area (Å²) in [4.78, 5) is 26.2. The maximum absolute atomic E-state index is 13.0. The number of ether oxygens (including phenoxy) is 1. The van der Waals surface area contributed by atoms with E-state index in [1.165, 1.54) is 55.5 Å². The van der Waals surface area contributed by atoms with Crippen LogP contribution < -0.4 is 10.1 Å². The summed E-state index contributed by atoms with van der Waals surface area (Å²) in [6, 6.07) is 9.92. The van der Waals surface area contributed by atoms with E-state index in [-0.39, 0.29) is 11.9 Å². The van der Waals surface area contributed by atoms with Crippen molar-refractivity contribution in [3.63, 3.8) is 0 Å². The number of pyridine rings is 1. The van der Waals surface area contributed by atoms with Crippen molar-refractivity contribution in [1.82, 2.24) is 20.2 Å². The van der Waals surface area contributed by atoms with Gasteiger partial charge in [-0.2, -0.15) is 0 Å². The van der Waals surface area contributed by atoms with E-state index in [1.807, 2.05) is 30.3 Å². The third-order valence-electron chi connectivity index (χ3n) is 8.28. The number of thiazole rings is 1. The number of rotatable bonds is 7. The molecule has 190 valence electrons. The minimum atomic E-state index is 0.0284. The monoisotopic (exact) mass is 504 g/mol. The molecule has 3 aromatic rings. The molecule has 0 radical (unpaired) electrons. The predicted octanol–water partition coefficient (Wildman–Crippen LogP) is 5.75. The van der Waals surface area contributed by atoms with Crippen LogP contribution in [0.25, 0.3) is 10.9 Å². The first-order valence-electron chi connectivity index (χ1n) is 13.7. The number of carbonyl (C=O) groups excluding carboxylic acids is 1. The van der Waals surface area contributed by atoms with Crippen molar-refractivity contribution in [3.8, 4) is 5.19 Å². The van der Waals surface area contributed by atoms with E-state index < -0.39 is 0 Å². The molecule has 2 saturated carbocycles. The van der Waals surface area contributed by atoms with E-state index in [9.17, 15) is 4.79 Å². The zero-order valence-corrected chi connectivity index (χ0v) is 21.8. The Morgan fingerprint density at radius 3 is 2.81 bits per heavy atom. The van der Waals surface area contributed by atoms with Gasteiger partial charge >= 0.3 is 0 Å². The van der Waals surface area contributed by atoms with Gasteiger partial charge in [0.05, 0.1) is 11.2 Å². The van der Waals surface area contributed by atoms with Gasteiger partial charge < -0.3 is 10.1 Å². The Morgan fingerprint density at radius 2 is 1.94 bits per heavy atom. The summed E-state index contributed by atoms with van der Waals surface area (Å²) in [5.74, 6) is 0.777. The van der Waals surface area contributed by atoms with Gasteiger partial charge in [-0.05, 0) is 94.9 Å². The fraction of sp³-hybridized carbons (Fsp3) is 0.552. The van der Waals surface area contributed by atoms with E-state index in [2.05, 4.69) is 15.2 Å². The summed E-state index contributed by atoms with van der Waals surface area (Å²) in [5, 5.41) is 5.12. The second-order valence-corrected chi connectivity index (χ2v) is 11.8. The van der Waals surface area contributed by atoms with Crippen molar-refractivity contribution in [2.75, 3.05) is 13.1 Å². The van der Waals surface area contributed by atoms with Crippen molar-refractivity contribution >= 4 is 28.1 Å². The van der Waals surface area contributed by atoms with E-state index in [0.717, 1.165) is 66.5 Å². The Morgan fingerprint density at radius 1 is 1.08 bits per heavy atom. The summed E-state index contributed by atoms with van der Waals surface area (Å²) >= 11 is 1.78. The standard InChI is InChI=1S/C29H36N4O2S/c34-28(24-7-3-9-25-23(24)8-4-16-30-25)31-21-12-10-20(11-13-21)14-17-33-18-15-27-26(19-33)32-29(36-27)35-22-5-1-2-6-22/h3-4,7-9,16,20-22H,1-2,5-6,10-15,17-19H2,(H,31,34)/t20-,21-. The van der Waals surface area contributed by atoms with Crippen LogP contribution in [0.1, 0.15) is 78.7 Å². The summed E-state index contributed by atoms with van der Waals surface area (Å²) in [7, 11) is 0. The van der Waals surface area contributed by atoms with Gasteiger partial charge in [0.2, 0.25) is 0 Å². The van der Waals surface area contributed by atoms with Crippen LogP contribution >= 0.6 is 11.3 Å². The lowest BCUT2D eigenvalue weighted by molar-refractivity contribution is 0.0921. The van der Waals surface area contributed by atoms with Crippen molar-refractivity contribution < 1.29 is 9.53 Å². The highest BCUT2D eigenvalue weighted by Crippen LogP contribution is 2.33. The van der Waals surface area contributed by atoms with Crippen LogP contribution in [-0.2, 0) is 13.0 Å². The van der Waals surface area contributed by atoms with Crippen LogP contribution in [0.15, 0.2) is 36.5 Å². The highest BCUT2D eigenvalue weighted by molar-refractivity contribution is 7.13. The molecule has 0 spiro atoms. The summed E-state index contributed by atoms with van der Waals surface area (Å²) in [6.45, 7) is 3.23. The molecule has 2 fully saturated rings. The molecule has 7 heteroatoms. The zero-order valence-electron chi connectivity index (χ0n) is 21.0. The summed E-state index contributed by atoms with van der Waals surface area (Å²) < 4.78 is 6.16. The third kappa shape index (κ3) is 5.42. The Kier molecular flexibility index (Phi) is 7.19. The summed E-state index contributed by atoms with van der Waals surface area (Å²) in [5.41, 5.74) is 2.84. The number of nitrogens with one attached hydrogen (secondary N) is 1. The molecule has 0 atom stereocenters. The number of carbonyl (C=O) groups is 1. The number of fused-ring (bicyclic) bond motifs is 2. The first-order valence-corrected chi connectivity index (χ1v) is 14.5. The van der Waals surface area contributed by atoms with Crippen molar-refractivity contribution in [1.29, 1.82) is 0 Å². The van der Waals surface area contributed by atoms with Gasteiger partial charge in [-0.15, -0.1) is 0 Å². The van der Waals surface area contributed by atoms with Crippen molar-refractivity contribution in [3.05, 3.63) is 52.7 Å². The zero-order chi connectivity index (χ0) is 24.3. The van der Waals surface area contributed by atoms with Gasteiger partial charge in [0, 0.05) is 41.2 Å². The first kappa shape index (κ1) is 23.9. The van der Waals surface area contributed by atoms with Crippen molar-refractivity contribution in [2.45, 2.75) is 82.9 Å². The van der Waals surface area contributed by atoms with Gasteiger partial charge in [0.1, 0.15) is 6.10 Å². The first-order chi connectivity index (χ1) is 17.7. The third-order valence-corrected chi connectivity index (χ3v) is 9.33. The molecule has 6 nitrogen and oxygen atoms in total. The number of nitrogens with zero attached hydrogens (tertiary/aromatic N) is 3. The minimum Gasteiger partial charge on any atom is -0.467 e. The lowest BCUT2D eigenvalue weighted by Crippen LogP contribution is -2.38. The maximum atomic E-state index is 13.0. The number of aromatic nitrogens is 2. The molecule has 1 aliphatic heterocycles. The van der Waals surface area contributed by atoms with E-state index in [4.69, 9.17) is 9.72 Å². The van der Waals surface area contributed by atoms with Gasteiger partial charge in [-0.3, -0.25) is 14.7 Å². The second kappa shape index (κ2) is 10.9. The van der Waals surface area contributed by atoms with Crippen LogP contribution in [0.5, 0.6) is 5.19 Å². The molecule has 1 N–H and O–H groups in total. The molecule has 0 bridgehead atoms. The molecule has 6 rings (SSSR count). The molecule has 2 aliphatic carbocycles. The SMILES string of the molecule is O=C(N[C@H]1CC[C@H](CCN2CCc3sc(OC4CCCC4)nc3C2)CC1)c1cccc2ncccc12. The molecule has 36 heavy (non-hydrogen) atoms. The number of hydrogen-bond acceptors (Lipinski definition) is 6. The number of amides is 1. The average molecular weight is 505 g/mol. The highest BCUT2D eigenvalue weighted by atomic mass is 32.1. The molecule has 3 aliphatic rings. The molecule has 1 amide bonds. The molecule has 0 unspecified atom stereocenters. The largest absolute Gasteiger partial charge is 0.467 e. The Hall–Kier alpha value is -2.51. The van der Waals surface area contributed by atoms with Crippen LogP contribution in [0.3, 0.4) is 0 Å². The quantitative estimate of drug-likeness (QED) is 0.444. The van der Waals surface area contributed by atoms with Gasteiger partial charge in [-0.25, -0.2) is 4.98 Å². The van der Waals surface area contributed by atoms with E-state index in [1.54, 1.807) is 17.5 Å². The van der Waals surface area contributed by atoms with Crippen LogP contribution in [0, 0.1) is 5.92 Å². The normalized spacial score (nSPS) is 23.0. The number of hydrogen-bond donors (Lipinski definition) is 1. The van der Waals surface area contributed by atoms with Gasteiger partial charge in [-0.1, -0.05) is 23.5 Å². The Bertz CT molecular complexity index is 1190. The van der Waals surface area contributed by atoms with E-state index >= 15 is 0 Å². The number of benzene rings is 1. The topological polar surface area (TPSA) is 67.4 Å². The molecular formula is C29H36N4O2S. The van der Waals surface area contributed by atoms with Gasteiger partial charge in [0.25, 0.3) is 11.1 Å². The minimum absolute atomic E-state index is 0.0284. The van der Waals surface area contributed by atoms with Crippen LogP contribution in [0.4, 0.5) is 0 Å². The van der Waals surface area contributed by atoms with Gasteiger partial charge in [0.15, 0.2) is 0 Å². The predicted molar refractivity (Wildman–Crippen MR) is 144 cm³/mol. The molecule has 2 aromatic heterocycles. The fourth-order valence-corrected chi connectivity index (χ4v) is 7.12. The second-order valence-electron chi connectivity index (χ2n) is 10.8. The maximum Gasteiger partial charge on any atom is 0.273 e. The van der Waals surface area contributed by atoms with Crippen LogP contribution in [0.2, 0.25) is 0 Å². The van der Waals surface area contributed by atoms with Crippen molar-refractivity contribution in [2.24, 2.45) is 5.92 Å². The lowest BCUT2D eigenvalue weighted by Gasteiger charge is -2.32. The van der Waals surface area contributed by atoms with Crippen LogP contribution in [-0.4, -0.2) is 46.0 Å². The summed E-state index contributed by atoms with van der Waals surface area (Å²) in [6.07, 6.45) is 14.0. The molecule has 1 aromatic carbocycles. The molecule has 0 saturated heterocycles. The highest BCUT2D eigenvalue weighted by Gasteiger charge is 2.26. The lowest BCUT2D eigenvalue weighted by atomic mass is 9.84. The van der Waals surface area contributed by atoms with E-state index in [0.29, 0.717) is 6.10 Å². The smallest absolute Gasteiger partial charge is 0.273 e. The average Bonchev–Trinajstić information content (AvgIpc) is 3.57.